The van der Waals surface area contributed by atoms with Gasteiger partial charge in [-0.1, -0.05) is 12.1 Å². The maximum atomic E-state index is 13.4. The van der Waals surface area contributed by atoms with Crippen LogP contribution in [0.3, 0.4) is 0 Å². The number of anilines is 1. The van der Waals surface area contributed by atoms with Crippen LogP contribution in [0.1, 0.15) is 11.1 Å². The van der Waals surface area contributed by atoms with Crippen LogP contribution < -0.4 is 5.73 Å². The molecule has 0 fully saturated rings. The molecule has 3 nitrogen and oxygen atoms in total. The highest BCUT2D eigenvalue weighted by atomic mass is 19.1. The van der Waals surface area contributed by atoms with E-state index in [-0.39, 0.29) is 5.82 Å². The molecule has 19 heavy (non-hydrogen) atoms. The lowest BCUT2D eigenvalue weighted by molar-refractivity contribution is 0.629. The van der Waals surface area contributed by atoms with Gasteiger partial charge in [0, 0.05) is 6.07 Å². The predicted molar refractivity (Wildman–Crippen MR) is 74.9 cm³/mol. The molecular formula is C15H14FN3. The van der Waals surface area contributed by atoms with Gasteiger partial charge in [0.25, 0.3) is 0 Å². The second kappa shape index (κ2) is 4.09. The van der Waals surface area contributed by atoms with Gasteiger partial charge in [0.1, 0.15) is 5.82 Å². The molecule has 0 amide bonds. The summed E-state index contributed by atoms with van der Waals surface area (Å²) in [7, 11) is 0. The van der Waals surface area contributed by atoms with Crippen molar-refractivity contribution in [2.45, 2.75) is 13.8 Å². The number of fused-ring (bicyclic) bond motifs is 1. The number of aromatic nitrogens is 2. The van der Waals surface area contributed by atoms with Crippen LogP contribution in [0.15, 0.2) is 36.4 Å². The normalized spacial score (nSPS) is 11.1. The van der Waals surface area contributed by atoms with Crippen LogP contribution in [0.5, 0.6) is 0 Å². The molecule has 2 N–H and O–H groups in total. The van der Waals surface area contributed by atoms with Crippen molar-refractivity contribution in [3.8, 4) is 5.69 Å². The van der Waals surface area contributed by atoms with Crippen molar-refractivity contribution in [2.75, 3.05) is 5.73 Å². The molecule has 3 aromatic rings. The van der Waals surface area contributed by atoms with E-state index in [2.05, 4.69) is 4.98 Å². The maximum Gasteiger partial charge on any atom is 0.205 e. The zero-order valence-electron chi connectivity index (χ0n) is 10.8. The Labute approximate surface area is 110 Å². The molecule has 1 heterocycles. The van der Waals surface area contributed by atoms with Crippen LogP contribution in [-0.4, -0.2) is 9.55 Å². The average Bonchev–Trinajstić information content (AvgIpc) is 2.68. The second-order valence-corrected chi connectivity index (χ2v) is 4.73. The van der Waals surface area contributed by atoms with E-state index in [1.165, 1.54) is 12.1 Å². The van der Waals surface area contributed by atoms with Gasteiger partial charge < -0.3 is 5.73 Å². The van der Waals surface area contributed by atoms with Crippen molar-refractivity contribution in [3.63, 3.8) is 0 Å². The highest BCUT2D eigenvalue weighted by Crippen LogP contribution is 2.26. The number of benzene rings is 2. The fourth-order valence-corrected chi connectivity index (χ4v) is 2.28. The first kappa shape index (κ1) is 11.7. The molecule has 0 aliphatic rings. The van der Waals surface area contributed by atoms with Crippen molar-refractivity contribution in [3.05, 3.63) is 53.3 Å². The molecule has 3 rings (SSSR count). The van der Waals surface area contributed by atoms with Gasteiger partial charge in [-0.25, -0.2) is 9.37 Å². The van der Waals surface area contributed by atoms with Gasteiger partial charge in [0.05, 0.1) is 16.7 Å². The minimum atomic E-state index is -0.293. The van der Waals surface area contributed by atoms with E-state index in [4.69, 9.17) is 5.73 Å². The summed E-state index contributed by atoms with van der Waals surface area (Å²) in [6, 6.07) is 10.6. The molecular weight excluding hydrogens is 241 g/mol. The van der Waals surface area contributed by atoms with E-state index in [1.54, 1.807) is 10.6 Å². The summed E-state index contributed by atoms with van der Waals surface area (Å²) in [4.78, 5) is 4.28. The van der Waals surface area contributed by atoms with Crippen molar-refractivity contribution in [2.24, 2.45) is 0 Å². The molecule has 0 aliphatic heterocycles. The Morgan fingerprint density at radius 1 is 1.11 bits per heavy atom. The van der Waals surface area contributed by atoms with E-state index in [1.807, 2.05) is 32.0 Å². The molecule has 0 radical (unpaired) electrons. The third-order valence-corrected chi connectivity index (χ3v) is 3.25. The van der Waals surface area contributed by atoms with Crippen molar-refractivity contribution < 1.29 is 4.39 Å². The number of aryl methyl sites for hydroxylation is 2. The summed E-state index contributed by atoms with van der Waals surface area (Å²) >= 11 is 0. The lowest BCUT2D eigenvalue weighted by Crippen LogP contribution is -2.03. The Morgan fingerprint density at radius 2 is 1.89 bits per heavy atom. The summed E-state index contributed by atoms with van der Waals surface area (Å²) in [6.45, 7) is 4.01. The van der Waals surface area contributed by atoms with Gasteiger partial charge in [-0.2, -0.15) is 0 Å². The van der Waals surface area contributed by atoms with Gasteiger partial charge in [-0.3, -0.25) is 4.57 Å². The SMILES string of the molecule is Cc1ccc(C)c(-n2c(N)nc3ccc(F)cc32)c1. The van der Waals surface area contributed by atoms with Crippen LogP contribution >= 0.6 is 0 Å². The zero-order valence-corrected chi connectivity index (χ0v) is 10.8. The molecule has 0 atom stereocenters. The minimum absolute atomic E-state index is 0.293. The van der Waals surface area contributed by atoms with Crippen molar-refractivity contribution in [1.29, 1.82) is 0 Å². The quantitative estimate of drug-likeness (QED) is 0.724. The summed E-state index contributed by atoms with van der Waals surface area (Å²) < 4.78 is 15.2. The number of rotatable bonds is 1. The number of imidazole rings is 1. The van der Waals surface area contributed by atoms with Crippen LogP contribution in [0.2, 0.25) is 0 Å². The Bertz CT molecular complexity index is 774. The van der Waals surface area contributed by atoms with Gasteiger partial charge in [0.15, 0.2) is 0 Å². The van der Waals surface area contributed by atoms with Crippen molar-refractivity contribution in [1.82, 2.24) is 9.55 Å². The van der Waals surface area contributed by atoms with Crippen LogP contribution in [0.25, 0.3) is 16.7 Å². The molecule has 1 aromatic heterocycles. The summed E-state index contributed by atoms with van der Waals surface area (Å²) in [5, 5.41) is 0. The fraction of sp³-hybridized carbons (Fsp3) is 0.133. The molecule has 2 aromatic carbocycles. The van der Waals surface area contributed by atoms with Gasteiger partial charge >= 0.3 is 0 Å². The molecule has 0 bridgehead atoms. The second-order valence-electron chi connectivity index (χ2n) is 4.73. The average molecular weight is 255 g/mol. The molecule has 0 aliphatic carbocycles. The number of nitrogens with zero attached hydrogens (tertiary/aromatic N) is 2. The Morgan fingerprint density at radius 3 is 2.68 bits per heavy atom. The Balaban J connectivity index is 2.38. The molecule has 0 saturated carbocycles. The molecule has 4 heteroatoms. The molecule has 0 spiro atoms. The van der Waals surface area contributed by atoms with Gasteiger partial charge in [0.2, 0.25) is 5.95 Å². The molecule has 96 valence electrons. The molecule has 0 unspecified atom stereocenters. The minimum Gasteiger partial charge on any atom is -0.369 e. The number of nitrogens with two attached hydrogens (primary N) is 1. The van der Waals surface area contributed by atoms with E-state index >= 15 is 0 Å². The molecule has 0 saturated heterocycles. The Kier molecular flexibility index (Phi) is 2.52. The number of hydrogen-bond acceptors (Lipinski definition) is 2. The first-order chi connectivity index (χ1) is 9.06. The predicted octanol–water partition coefficient (Wildman–Crippen LogP) is 3.36. The van der Waals surface area contributed by atoms with E-state index in [0.29, 0.717) is 17.0 Å². The first-order valence-electron chi connectivity index (χ1n) is 6.07. The zero-order chi connectivity index (χ0) is 13.6. The summed E-state index contributed by atoms with van der Waals surface area (Å²) in [5.74, 6) is 0.0771. The van der Waals surface area contributed by atoms with Crippen LogP contribution in [-0.2, 0) is 0 Å². The highest BCUT2D eigenvalue weighted by molar-refractivity contribution is 5.81. The lowest BCUT2D eigenvalue weighted by atomic mass is 10.1. The lowest BCUT2D eigenvalue weighted by Gasteiger charge is -2.11. The highest BCUT2D eigenvalue weighted by Gasteiger charge is 2.12. The number of hydrogen-bond donors (Lipinski definition) is 1. The Hall–Kier alpha value is -2.36. The largest absolute Gasteiger partial charge is 0.369 e. The summed E-state index contributed by atoms with van der Waals surface area (Å²) in [6.07, 6.45) is 0. The van der Waals surface area contributed by atoms with Crippen LogP contribution in [0.4, 0.5) is 10.3 Å². The van der Waals surface area contributed by atoms with Crippen molar-refractivity contribution >= 4 is 17.0 Å². The van der Waals surface area contributed by atoms with Crippen LogP contribution in [0, 0.1) is 19.7 Å². The number of nitrogen functional groups attached to an aromatic ring is 1. The van der Waals surface area contributed by atoms with Gasteiger partial charge in [-0.05, 0) is 43.2 Å². The third-order valence-electron chi connectivity index (χ3n) is 3.25. The van der Waals surface area contributed by atoms with Gasteiger partial charge in [-0.15, -0.1) is 0 Å². The van der Waals surface area contributed by atoms with E-state index in [0.717, 1.165) is 16.8 Å². The topological polar surface area (TPSA) is 43.8 Å². The van der Waals surface area contributed by atoms with E-state index in [9.17, 15) is 4.39 Å². The van der Waals surface area contributed by atoms with E-state index < -0.39 is 0 Å². The third kappa shape index (κ3) is 1.85. The fourth-order valence-electron chi connectivity index (χ4n) is 2.28. The first-order valence-corrected chi connectivity index (χ1v) is 6.07. The number of halogens is 1. The maximum absolute atomic E-state index is 13.4. The standard InChI is InChI=1S/C15H14FN3/c1-9-3-4-10(2)13(7-9)19-14-8-11(16)5-6-12(14)18-15(19)17/h3-8H,1-2H3,(H2,17,18). The monoisotopic (exact) mass is 255 g/mol. The summed E-state index contributed by atoms with van der Waals surface area (Å²) in [5.41, 5.74) is 10.5. The smallest absolute Gasteiger partial charge is 0.205 e.